The Balaban J connectivity index is 1.80. The molecular formula is C15H20N2OS. The molecular weight excluding hydrogens is 256 g/mol. The van der Waals surface area contributed by atoms with E-state index in [1.54, 1.807) is 7.11 Å². The summed E-state index contributed by atoms with van der Waals surface area (Å²) in [6.45, 7) is 2.42. The number of hydrogen-bond acceptors (Lipinski definition) is 3. The monoisotopic (exact) mass is 276 g/mol. The molecule has 1 aliphatic heterocycles. The minimum Gasteiger partial charge on any atom is -0.497 e. The van der Waals surface area contributed by atoms with Crippen LogP contribution in [0.15, 0.2) is 29.3 Å². The Hall–Kier alpha value is -1.13. The number of nitrogens with one attached hydrogen (secondary N) is 1. The van der Waals surface area contributed by atoms with Crippen molar-refractivity contribution in [2.24, 2.45) is 0 Å². The maximum absolute atomic E-state index is 5.32. The van der Waals surface area contributed by atoms with Crippen molar-refractivity contribution in [1.82, 2.24) is 9.88 Å². The standard InChI is InChI=1S/C15H20N2OS/c1-17-7-5-12(6-8-17)19-15-10-16-14-4-3-11(18-2)9-13(14)15/h3-4,9-10,12,16H,5-8H2,1-2H3. The van der Waals surface area contributed by atoms with Crippen molar-refractivity contribution in [1.29, 1.82) is 0 Å². The van der Waals surface area contributed by atoms with Gasteiger partial charge in [-0.2, -0.15) is 0 Å². The van der Waals surface area contributed by atoms with Gasteiger partial charge in [-0.1, -0.05) is 0 Å². The third kappa shape index (κ3) is 2.74. The van der Waals surface area contributed by atoms with E-state index >= 15 is 0 Å². The van der Waals surface area contributed by atoms with Crippen LogP contribution in [-0.2, 0) is 0 Å². The zero-order chi connectivity index (χ0) is 13.2. The maximum atomic E-state index is 5.32. The van der Waals surface area contributed by atoms with Crippen LogP contribution in [0.4, 0.5) is 0 Å². The molecule has 102 valence electrons. The summed E-state index contributed by atoms with van der Waals surface area (Å²) < 4.78 is 5.32. The van der Waals surface area contributed by atoms with E-state index in [1.165, 1.54) is 41.7 Å². The summed E-state index contributed by atoms with van der Waals surface area (Å²) in [4.78, 5) is 7.11. The van der Waals surface area contributed by atoms with Gasteiger partial charge in [0.2, 0.25) is 0 Å². The summed E-state index contributed by atoms with van der Waals surface area (Å²) in [5.74, 6) is 0.928. The zero-order valence-corrected chi connectivity index (χ0v) is 12.3. The maximum Gasteiger partial charge on any atom is 0.119 e. The first-order valence-corrected chi connectivity index (χ1v) is 7.64. The fourth-order valence-electron chi connectivity index (χ4n) is 2.58. The lowest BCUT2D eigenvalue weighted by atomic mass is 10.1. The van der Waals surface area contributed by atoms with E-state index in [1.807, 2.05) is 17.8 Å². The van der Waals surface area contributed by atoms with Gasteiger partial charge in [0.05, 0.1) is 7.11 Å². The molecule has 2 heterocycles. The molecule has 1 aromatic heterocycles. The molecule has 0 unspecified atom stereocenters. The summed E-state index contributed by atoms with van der Waals surface area (Å²) in [5.41, 5.74) is 1.19. The predicted molar refractivity (Wildman–Crippen MR) is 81.2 cm³/mol. The smallest absolute Gasteiger partial charge is 0.119 e. The van der Waals surface area contributed by atoms with Crippen molar-refractivity contribution in [3.8, 4) is 5.75 Å². The SMILES string of the molecule is COc1ccc2[nH]cc(SC3CCN(C)CC3)c2c1. The number of aromatic amines is 1. The molecule has 0 amide bonds. The number of hydrogen-bond donors (Lipinski definition) is 1. The number of nitrogens with zero attached hydrogens (tertiary/aromatic N) is 1. The number of fused-ring (bicyclic) bond motifs is 1. The Morgan fingerprint density at radius 3 is 2.84 bits per heavy atom. The van der Waals surface area contributed by atoms with Crippen LogP contribution in [-0.4, -0.2) is 42.4 Å². The number of ether oxygens (including phenoxy) is 1. The van der Waals surface area contributed by atoms with Gasteiger partial charge >= 0.3 is 0 Å². The van der Waals surface area contributed by atoms with E-state index in [9.17, 15) is 0 Å². The van der Waals surface area contributed by atoms with Crippen molar-refractivity contribution >= 4 is 22.7 Å². The predicted octanol–water partition coefficient (Wildman–Crippen LogP) is 3.36. The lowest BCUT2D eigenvalue weighted by molar-refractivity contribution is 0.282. The highest BCUT2D eigenvalue weighted by atomic mass is 32.2. The van der Waals surface area contributed by atoms with Crippen LogP contribution in [0.1, 0.15) is 12.8 Å². The fraction of sp³-hybridized carbons (Fsp3) is 0.467. The second-order valence-corrected chi connectivity index (χ2v) is 6.53. The van der Waals surface area contributed by atoms with Gasteiger partial charge in [-0.25, -0.2) is 0 Å². The Morgan fingerprint density at radius 1 is 1.32 bits per heavy atom. The summed E-state index contributed by atoms with van der Waals surface area (Å²) in [6, 6.07) is 6.22. The van der Waals surface area contributed by atoms with Crippen LogP contribution in [0.3, 0.4) is 0 Å². The third-order valence-corrected chi connectivity index (χ3v) is 5.21. The van der Waals surface area contributed by atoms with E-state index in [0.717, 1.165) is 11.0 Å². The minimum absolute atomic E-state index is 0.737. The van der Waals surface area contributed by atoms with Gasteiger partial charge in [0, 0.05) is 27.2 Å². The molecule has 0 radical (unpaired) electrons. The van der Waals surface area contributed by atoms with Gasteiger partial charge < -0.3 is 14.6 Å². The van der Waals surface area contributed by atoms with Crippen LogP contribution in [0.5, 0.6) is 5.75 Å². The molecule has 3 nitrogen and oxygen atoms in total. The molecule has 1 aliphatic rings. The average Bonchev–Trinajstić information content (AvgIpc) is 2.84. The second-order valence-electron chi connectivity index (χ2n) is 5.18. The minimum atomic E-state index is 0.737. The van der Waals surface area contributed by atoms with Gasteiger partial charge in [-0.05, 0) is 51.2 Å². The molecule has 0 spiro atoms. The van der Waals surface area contributed by atoms with Crippen LogP contribution < -0.4 is 4.74 Å². The summed E-state index contributed by atoms with van der Waals surface area (Å²) in [5, 5.41) is 2.02. The van der Waals surface area contributed by atoms with Crippen molar-refractivity contribution < 1.29 is 4.74 Å². The Bertz CT molecular complexity index is 558. The molecule has 1 fully saturated rings. The molecule has 1 saturated heterocycles. The highest BCUT2D eigenvalue weighted by molar-refractivity contribution is 8.00. The van der Waals surface area contributed by atoms with Gasteiger partial charge in [0.25, 0.3) is 0 Å². The van der Waals surface area contributed by atoms with Crippen molar-refractivity contribution in [2.45, 2.75) is 23.0 Å². The average molecular weight is 276 g/mol. The molecule has 0 bridgehead atoms. The van der Waals surface area contributed by atoms with Gasteiger partial charge in [0.15, 0.2) is 0 Å². The normalized spacial score (nSPS) is 18.0. The van der Waals surface area contributed by atoms with Gasteiger partial charge in [0.1, 0.15) is 5.75 Å². The first-order chi connectivity index (χ1) is 9.26. The number of aromatic nitrogens is 1. The van der Waals surface area contributed by atoms with Crippen molar-refractivity contribution in [3.05, 3.63) is 24.4 Å². The largest absolute Gasteiger partial charge is 0.497 e. The van der Waals surface area contributed by atoms with Crippen molar-refractivity contribution in [3.63, 3.8) is 0 Å². The first kappa shape index (κ1) is 12.9. The van der Waals surface area contributed by atoms with Gasteiger partial charge in [-0.15, -0.1) is 11.8 Å². The van der Waals surface area contributed by atoms with E-state index < -0.39 is 0 Å². The summed E-state index contributed by atoms with van der Waals surface area (Å²) >= 11 is 2.01. The number of piperidine rings is 1. The Morgan fingerprint density at radius 2 is 2.11 bits per heavy atom. The molecule has 1 N–H and O–H groups in total. The van der Waals surface area contributed by atoms with E-state index in [0.29, 0.717) is 0 Å². The highest BCUT2D eigenvalue weighted by Crippen LogP contribution is 2.36. The number of thioether (sulfide) groups is 1. The third-order valence-electron chi connectivity index (χ3n) is 3.81. The van der Waals surface area contributed by atoms with Crippen LogP contribution in [0.25, 0.3) is 10.9 Å². The molecule has 19 heavy (non-hydrogen) atoms. The lowest BCUT2D eigenvalue weighted by Crippen LogP contribution is -2.31. The van der Waals surface area contributed by atoms with E-state index in [-0.39, 0.29) is 0 Å². The van der Waals surface area contributed by atoms with Crippen LogP contribution in [0.2, 0.25) is 0 Å². The molecule has 3 rings (SSSR count). The number of rotatable bonds is 3. The molecule has 0 atom stereocenters. The summed E-state index contributed by atoms with van der Waals surface area (Å²) in [7, 11) is 3.93. The van der Waals surface area contributed by atoms with E-state index in [2.05, 4.69) is 35.3 Å². The molecule has 4 heteroatoms. The molecule has 0 aliphatic carbocycles. The lowest BCUT2D eigenvalue weighted by Gasteiger charge is -2.28. The number of likely N-dealkylation sites (tertiary alicyclic amines) is 1. The summed E-state index contributed by atoms with van der Waals surface area (Å²) in [6.07, 6.45) is 4.68. The van der Waals surface area contributed by atoms with Gasteiger partial charge in [-0.3, -0.25) is 0 Å². The zero-order valence-electron chi connectivity index (χ0n) is 11.5. The quantitative estimate of drug-likeness (QED) is 0.931. The second kappa shape index (κ2) is 5.47. The number of H-pyrrole nitrogens is 1. The topological polar surface area (TPSA) is 28.3 Å². The molecule has 1 aromatic carbocycles. The van der Waals surface area contributed by atoms with E-state index in [4.69, 9.17) is 4.74 Å². The molecule has 0 saturated carbocycles. The first-order valence-electron chi connectivity index (χ1n) is 6.76. The number of benzene rings is 1. The van der Waals surface area contributed by atoms with Crippen molar-refractivity contribution in [2.75, 3.05) is 27.2 Å². The molecule has 2 aromatic rings. The van der Waals surface area contributed by atoms with Crippen LogP contribution in [0, 0.1) is 0 Å². The number of methoxy groups -OCH3 is 1. The Kier molecular flexibility index (Phi) is 3.71. The fourth-order valence-corrected chi connectivity index (χ4v) is 3.81. The Labute approximate surface area is 118 Å². The highest BCUT2D eigenvalue weighted by Gasteiger charge is 2.19. The van der Waals surface area contributed by atoms with Crippen LogP contribution >= 0.6 is 11.8 Å².